The van der Waals surface area contributed by atoms with Gasteiger partial charge in [0, 0.05) is 17.0 Å². The van der Waals surface area contributed by atoms with Crippen molar-refractivity contribution in [2.45, 2.75) is 30.8 Å². The highest BCUT2D eigenvalue weighted by atomic mass is 35.5. The first-order valence-corrected chi connectivity index (χ1v) is 11.4. The van der Waals surface area contributed by atoms with Crippen LogP contribution in [0.3, 0.4) is 0 Å². The Morgan fingerprint density at radius 3 is 2.53 bits per heavy atom. The van der Waals surface area contributed by atoms with E-state index >= 15 is 0 Å². The van der Waals surface area contributed by atoms with Crippen LogP contribution in [0.5, 0.6) is 0 Å². The van der Waals surface area contributed by atoms with Crippen LogP contribution in [-0.2, 0) is 4.74 Å². The molecule has 0 radical (unpaired) electrons. The van der Waals surface area contributed by atoms with Crippen LogP contribution in [0.4, 0.5) is 13.2 Å². The second-order valence-corrected chi connectivity index (χ2v) is 8.98. The first-order chi connectivity index (χ1) is 17.3. The van der Waals surface area contributed by atoms with Gasteiger partial charge in [0.25, 0.3) is 0 Å². The van der Waals surface area contributed by atoms with Crippen LogP contribution in [0.15, 0.2) is 42.9 Å². The lowest BCUT2D eigenvalue weighted by Gasteiger charge is -2.38. The third kappa shape index (κ3) is 4.46. The predicted molar refractivity (Wildman–Crippen MR) is 121 cm³/mol. The van der Waals surface area contributed by atoms with Crippen LogP contribution < -0.4 is 0 Å². The molecule has 36 heavy (non-hydrogen) atoms. The van der Waals surface area contributed by atoms with Crippen molar-refractivity contribution in [1.29, 1.82) is 0 Å². The van der Waals surface area contributed by atoms with Crippen molar-refractivity contribution in [2.24, 2.45) is 0 Å². The summed E-state index contributed by atoms with van der Waals surface area (Å²) >= 11 is 12.3. The SMILES string of the molecule is OCC1OC(c2nncn2-c2ccc(Cl)cc2Cl)CC(n2cc(-c3cc(F)c(F)c(F)c3)nn2)C1O. The summed E-state index contributed by atoms with van der Waals surface area (Å²) in [6, 6.07) is 5.71. The number of aliphatic hydroxyl groups is 2. The van der Waals surface area contributed by atoms with Gasteiger partial charge in [0.15, 0.2) is 23.3 Å². The molecular formula is C22H17Cl2F3N6O3. The minimum absolute atomic E-state index is 0.0356. The van der Waals surface area contributed by atoms with Crippen molar-refractivity contribution in [3.05, 3.63) is 76.2 Å². The van der Waals surface area contributed by atoms with Crippen LogP contribution in [0.25, 0.3) is 16.9 Å². The molecule has 188 valence electrons. The molecule has 0 aliphatic carbocycles. The van der Waals surface area contributed by atoms with Gasteiger partial charge in [-0.05, 0) is 30.3 Å². The quantitative estimate of drug-likeness (QED) is 0.371. The van der Waals surface area contributed by atoms with E-state index in [4.69, 9.17) is 27.9 Å². The molecule has 2 N–H and O–H groups in total. The minimum Gasteiger partial charge on any atom is -0.394 e. The van der Waals surface area contributed by atoms with E-state index in [2.05, 4.69) is 20.5 Å². The van der Waals surface area contributed by atoms with E-state index in [0.29, 0.717) is 21.6 Å². The van der Waals surface area contributed by atoms with E-state index in [9.17, 15) is 23.4 Å². The molecule has 1 aliphatic heterocycles. The molecular weight excluding hydrogens is 524 g/mol. The Labute approximate surface area is 211 Å². The summed E-state index contributed by atoms with van der Waals surface area (Å²) in [5, 5.41) is 37.5. The van der Waals surface area contributed by atoms with Crippen molar-refractivity contribution in [3.8, 4) is 16.9 Å². The number of benzene rings is 2. The average Bonchev–Trinajstić information content (AvgIpc) is 3.53. The van der Waals surface area contributed by atoms with E-state index in [1.807, 2.05) is 0 Å². The van der Waals surface area contributed by atoms with E-state index in [1.54, 1.807) is 22.8 Å². The van der Waals surface area contributed by atoms with Crippen LogP contribution in [0, 0.1) is 17.5 Å². The number of ether oxygens (including phenoxy) is 1. The Morgan fingerprint density at radius 2 is 1.83 bits per heavy atom. The summed E-state index contributed by atoms with van der Waals surface area (Å²) in [4.78, 5) is 0. The first kappa shape index (κ1) is 24.7. The van der Waals surface area contributed by atoms with Crippen molar-refractivity contribution < 1.29 is 28.1 Å². The Bertz CT molecular complexity index is 1390. The molecule has 4 unspecified atom stereocenters. The largest absolute Gasteiger partial charge is 0.394 e. The van der Waals surface area contributed by atoms with Crippen LogP contribution in [0.1, 0.15) is 24.4 Å². The molecule has 4 atom stereocenters. The zero-order chi connectivity index (χ0) is 25.6. The van der Waals surface area contributed by atoms with E-state index in [0.717, 1.165) is 12.1 Å². The second kappa shape index (κ2) is 9.79. The number of aliphatic hydroxyl groups excluding tert-OH is 2. The Hall–Kier alpha value is -3.03. The van der Waals surface area contributed by atoms with Gasteiger partial charge < -0.3 is 14.9 Å². The first-order valence-electron chi connectivity index (χ1n) is 10.6. The molecule has 0 spiro atoms. The Kier molecular flexibility index (Phi) is 6.70. The summed E-state index contributed by atoms with van der Waals surface area (Å²) in [5.74, 6) is -3.99. The maximum absolute atomic E-state index is 13.7. The van der Waals surface area contributed by atoms with E-state index < -0.39 is 48.4 Å². The van der Waals surface area contributed by atoms with Crippen LogP contribution >= 0.6 is 23.2 Å². The number of nitrogens with zero attached hydrogens (tertiary/aromatic N) is 6. The van der Waals surface area contributed by atoms with Crippen molar-refractivity contribution in [1.82, 2.24) is 29.8 Å². The maximum atomic E-state index is 13.7. The number of halogens is 5. The zero-order valence-corrected chi connectivity index (χ0v) is 19.7. The van der Waals surface area contributed by atoms with Gasteiger partial charge in [-0.2, -0.15) is 0 Å². The molecule has 0 saturated carbocycles. The highest BCUT2D eigenvalue weighted by Gasteiger charge is 2.41. The fraction of sp³-hybridized carbons (Fsp3) is 0.273. The fourth-order valence-electron chi connectivity index (χ4n) is 4.14. The zero-order valence-electron chi connectivity index (χ0n) is 18.1. The smallest absolute Gasteiger partial charge is 0.194 e. The fourth-order valence-corrected chi connectivity index (χ4v) is 4.64. The van der Waals surface area contributed by atoms with Crippen LogP contribution in [0.2, 0.25) is 10.0 Å². The highest BCUT2D eigenvalue weighted by Crippen LogP contribution is 2.38. The lowest BCUT2D eigenvalue weighted by atomic mass is 9.95. The number of hydrogen-bond acceptors (Lipinski definition) is 7. The van der Waals surface area contributed by atoms with E-state index in [1.165, 1.54) is 17.2 Å². The molecule has 1 saturated heterocycles. The van der Waals surface area contributed by atoms with Gasteiger partial charge in [0.2, 0.25) is 0 Å². The molecule has 1 fully saturated rings. The number of hydrogen-bond donors (Lipinski definition) is 2. The second-order valence-electron chi connectivity index (χ2n) is 8.13. The lowest BCUT2D eigenvalue weighted by Crippen LogP contribution is -2.45. The topological polar surface area (TPSA) is 111 Å². The molecule has 3 heterocycles. The molecule has 9 nitrogen and oxygen atoms in total. The highest BCUT2D eigenvalue weighted by molar-refractivity contribution is 6.35. The number of rotatable bonds is 5. The molecule has 1 aliphatic rings. The minimum atomic E-state index is -1.59. The van der Waals surface area contributed by atoms with Gasteiger partial charge >= 0.3 is 0 Å². The summed E-state index contributed by atoms with van der Waals surface area (Å²) < 4.78 is 49.5. The normalized spacial score (nSPS) is 22.2. The average molecular weight is 541 g/mol. The van der Waals surface area contributed by atoms with Crippen molar-refractivity contribution in [2.75, 3.05) is 6.61 Å². The third-order valence-corrected chi connectivity index (χ3v) is 6.45. The van der Waals surface area contributed by atoms with Gasteiger partial charge in [-0.25, -0.2) is 17.9 Å². The van der Waals surface area contributed by atoms with Gasteiger partial charge in [-0.1, -0.05) is 28.4 Å². The van der Waals surface area contributed by atoms with Gasteiger partial charge in [-0.15, -0.1) is 15.3 Å². The van der Waals surface area contributed by atoms with Crippen molar-refractivity contribution >= 4 is 23.2 Å². The maximum Gasteiger partial charge on any atom is 0.194 e. The summed E-state index contributed by atoms with van der Waals surface area (Å²) in [6.45, 7) is -0.514. The van der Waals surface area contributed by atoms with E-state index in [-0.39, 0.29) is 17.7 Å². The molecule has 14 heteroatoms. The predicted octanol–water partition coefficient (Wildman–Crippen LogP) is 3.67. The van der Waals surface area contributed by atoms with Crippen LogP contribution in [-0.4, -0.2) is 58.8 Å². The van der Waals surface area contributed by atoms with Gasteiger partial charge in [0.05, 0.1) is 29.6 Å². The molecule has 0 bridgehead atoms. The molecule has 2 aromatic carbocycles. The summed E-state index contributed by atoms with van der Waals surface area (Å²) in [7, 11) is 0. The standard InChI is InChI=1S/C22H17Cl2F3N6O3/c23-11-1-2-16(12(24)5-11)32-9-28-30-22(32)18-6-17(21(35)19(8-34)36-18)33-7-15(29-31-33)10-3-13(25)20(27)14(26)4-10/h1-5,7,9,17-19,21,34-35H,6,8H2. The molecule has 4 aromatic rings. The Balaban J connectivity index is 1.48. The molecule has 5 rings (SSSR count). The third-order valence-electron chi connectivity index (χ3n) is 5.91. The summed E-state index contributed by atoms with van der Waals surface area (Å²) in [5.41, 5.74) is 0.558. The van der Waals surface area contributed by atoms with Gasteiger partial charge in [0.1, 0.15) is 30.3 Å². The molecule has 0 amide bonds. The monoisotopic (exact) mass is 540 g/mol. The number of aromatic nitrogens is 6. The lowest BCUT2D eigenvalue weighted by molar-refractivity contribution is -0.161. The Morgan fingerprint density at radius 1 is 1.08 bits per heavy atom. The van der Waals surface area contributed by atoms with Gasteiger partial charge in [-0.3, -0.25) is 4.57 Å². The molecule has 2 aromatic heterocycles. The summed E-state index contributed by atoms with van der Waals surface area (Å²) in [6.07, 6.45) is -0.0784. The van der Waals surface area contributed by atoms with Crippen molar-refractivity contribution in [3.63, 3.8) is 0 Å².